The third-order valence-electron chi connectivity index (χ3n) is 3.77. The molecule has 0 saturated heterocycles. The molecule has 0 fully saturated rings. The van der Waals surface area contributed by atoms with Crippen LogP contribution in [0.15, 0.2) is 54.6 Å². The molecule has 0 saturated carbocycles. The average Bonchev–Trinajstić information content (AvgIpc) is 2.84. The lowest BCUT2D eigenvalue weighted by Crippen LogP contribution is -2.36. The van der Waals surface area contributed by atoms with Crippen LogP contribution in [-0.2, 0) is 5.75 Å². The van der Waals surface area contributed by atoms with Crippen LogP contribution >= 0.6 is 23.4 Å². The summed E-state index contributed by atoms with van der Waals surface area (Å²) >= 11 is 7.72. The first-order valence-electron chi connectivity index (χ1n) is 7.37. The van der Waals surface area contributed by atoms with E-state index in [2.05, 4.69) is 12.1 Å². The quantitative estimate of drug-likeness (QED) is 0.590. The highest BCUT2D eigenvalue weighted by Crippen LogP contribution is 2.26. The topological polar surface area (TPSA) is 37.4 Å². The van der Waals surface area contributed by atoms with Gasteiger partial charge in [-0.05, 0) is 17.7 Å². The van der Waals surface area contributed by atoms with Crippen molar-refractivity contribution in [2.45, 2.75) is 11.0 Å². The third-order valence-corrected chi connectivity index (χ3v) is 5.61. The molecule has 2 amide bonds. The second-order valence-corrected chi connectivity index (χ2v) is 6.94. The van der Waals surface area contributed by atoms with Gasteiger partial charge in [-0.1, -0.05) is 42.5 Å². The lowest BCUT2D eigenvalue weighted by Gasteiger charge is -2.20. The number of imide groups is 1. The molecule has 2 aromatic rings. The van der Waals surface area contributed by atoms with Crippen molar-refractivity contribution in [2.24, 2.45) is 0 Å². The Balaban J connectivity index is 1.66. The molecule has 0 spiro atoms. The zero-order valence-electron chi connectivity index (χ0n) is 12.4. The van der Waals surface area contributed by atoms with E-state index in [9.17, 15) is 9.59 Å². The van der Waals surface area contributed by atoms with Gasteiger partial charge in [-0.25, -0.2) is 0 Å². The number of halogens is 1. The summed E-state index contributed by atoms with van der Waals surface area (Å²) in [4.78, 5) is 26.1. The summed E-state index contributed by atoms with van der Waals surface area (Å²) in [6.45, 7) is 0.341. The predicted octanol–water partition coefficient (Wildman–Crippen LogP) is 3.82. The third kappa shape index (κ3) is 3.43. The smallest absolute Gasteiger partial charge is 0.261 e. The molecule has 0 aromatic heterocycles. The molecular weight excluding hydrogens is 330 g/mol. The summed E-state index contributed by atoms with van der Waals surface area (Å²) < 4.78 is 0. The number of hydrogen-bond acceptors (Lipinski definition) is 3. The summed E-state index contributed by atoms with van der Waals surface area (Å²) in [6.07, 6.45) is 0. The second-order valence-electron chi connectivity index (χ2n) is 5.34. The normalized spacial score (nSPS) is 14.9. The summed E-state index contributed by atoms with van der Waals surface area (Å²) in [5, 5.41) is 0.0130. The molecule has 0 bridgehead atoms. The van der Waals surface area contributed by atoms with Crippen LogP contribution in [0.1, 0.15) is 26.3 Å². The molecule has 1 heterocycles. The van der Waals surface area contributed by atoms with Gasteiger partial charge in [-0.15, -0.1) is 11.6 Å². The van der Waals surface area contributed by atoms with E-state index in [4.69, 9.17) is 11.6 Å². The highest BCUT2D eigenvalue weighted by atomic mass is 35.5. The summed E-state index contributed by atoms with van der Waals surface area (Å²) in [5.74, 6) is 0.758. The Morgan fingerprint density at radius 2 is 1.48 bits per heavy atom. The summed E-state index contributed by atoms with van der Waals surface area (Å²) in [7, 11) is 0. The Hall–Kier alpha value is -1.78. The van der Waals surface area contributed by atoms with Gasteiger partial charge in [-0.3, -0.25) is 14.5 Å². The van der Waals surface area contributed by atoms with Crippen LogP contribution in [0.25, 0.3) is 0 Å². The second kappa shape index (κ2) is 7.20. The molecule has 3 rings (SSSR count). The molecule has 1 atom stereocenters. The largest absolute Gasteiger partial charge is 0.273 e. The number of alkyl halides is 1. The number of carbonyl (C=O) groups excluding carboxylic acids is 2. The van der Waals surface area contributed by atoms with Crippen LogP contribution in [0.5, 0.6) is 0 Å². The SMILES string of the molecule is O=C1c2ccccc2C(=O)N1CC(CCl)SCc1ccccc1. The maximum Gasteiger partial charge on any atom is 0.261 e. The number of fused-ring (bicyclic) bond motifs is 1. The lowest BCUT2D eigenvalue weighted by atomic mass is 10.1. The highest BCUT2D eigenvalue weighted by molar-refractivity contribution is 7.99. The van der Waals surface area contributed by atoms with Crippen molar-refractivity contribution in [3.8, 4) is 0 Å². The fraction of sp³-hybridized carbons (Fsp3) is 0.222. The van der Waals surface area contributed by atoms with Gasteiger partial charge < -0.3 is 0 Å². The zero-order chi connectivity index (χ0) is 16.2. The molecule has 3 nitrogen and oxygen atoms in total. The van der Waals surface area contributed by atoms with Crippen LogP contribution in [-0.4, -0.2) is 34.4 Å². The minimum Gasteiger partial charge on any atom is -0.273 e. The van der Waals surface area contributed by atoms with E-state index in [1.165, 1.54) is 10.5 Å². The molecule has 1 aliphatic rings. The molecule has 23 heavy (non-hydrogen) atoms. The van der Waals surface area contributed by atoms with Gasteiger partial charge in [-0.2, -0.15) is 11.8 Å². The molecule has 0 N–H and O–H groups in total. The standard InChI is InChI=1S/C18H16ClNO2S/c19-10-14(23-12-13-6-2-1-3-7-13)11-20-17(21)15-8-4-5-9-16(15)18(20)22/h1-9,14H,10-12H2. The van der Waals surface area contributed by atoms with Gasteiger partial charge in [0.2, 0.25) is 0 Å². The Morgan fingerprint density at radius 1 is 0.913 bits per heavy atom. The predicted molar refractivity (Wildman–Crippen MR) is 94.1 cm³/mol. The van der Waals surface area contributed by atoms with E-state index in [0.717, 1.165) is 5.75 Å². The molecule has 1 aliphatic heterocycles. The van der Waals surface area contributed by atoms with Crippen LogP contribution < -0.4 is 0 Å². The Bertz CT molecular complexity index is 685. The number of amides is 2. The molecule has 2 aromatic carbocycles. The number of benzene rings is 2. The van der Waals surface area contributed by atoms with Gasteiger partial charge in [0.1, 0.15) is 0 Å². The van der Waals surface area contributed by atoms with Crippen molar-refractivity contribution in [3.05, 3.63) is 71.3 Å². The first-order valence-corrected chi connectivity index (χ1v) is 8.95. The Labute approximate surface area is 144 Å². The average molecular weight is 346 g/mol. The van der Waals surface area contributed by atoms with E-state index in [1.807, 2.05) is 18.2 Å². The van der Waals surface area contributed by atoms with Gasteiger partial charge >= 0.3 is 0 Å². The van der Waals surface area contributed by atoms with E-state index in [1.54, 1.807) is 36.0 Å². The molecule has 1 unspecified atom stereocenters. The van der Waals surface area contributed by atoms with Crippen molar-refractivity contribution in [2.75, 3.05) is 12.4 Å². The fourth-order valence-electron chi connectivity index (χ4n) is 2.54. The fourth-order valence-corrected chi connectivity index (χ4v) is 3.87. The van der Waals surface area contributed by atoms with Crippen LogP contribution in [0, 0.1) is 0 Å². The number of carbonyl (C=O) groups is 2. The van der Waals surface area contributed by atoms with Crippen LogP contribution in [0.4, 0.5) is 0 Å². The Morgan fingerprint density at radius 3 is 2.04 bits per heavy atom. The maximum absolute atomic E-state index is 12.4. The van der Waals surface area contributed by atoms with Crippen LogP contribution in [0.3, 0.4) is 0 Å². The minimum atomic E-state index is -0.221. The lowest BCUT2D eigenvalue weighted by molar-refractivity contribution is 0.0656. The van der Waals surface area contributed by atoms with Crippen molar-refractivity contribution in [1.29, 1.82) is 0 Å². The number of rotatable bonds is 6. The van der Waals surface area contributed by atoms with Gasteiger partial charge in [0.15, 0.2) is 0 Å². The number of nitrogens with zero attached hydrogens (tertiary/aromatic N) is 1. The number of thioether (sulfide) groups is 1. The first kappa shape index (κ1) is 16.1. The van der Waals surface area contributed by atoms with Crippen molar-refractivity contribution >= 4 is 35.2 Å². The van der Waals surface area contributed by atoms with Crippen molar-refractivity contribution < 1.29 is 9.59 Å². The molecule has 5 heteroatoms. The monoisotopic (exact) mass is 345 g/mol. The van der Waals surface area contributed by atoms with Crippen molar-refractivity contribution in [3.63, 3.8) is 0 Å². The van der Waals surface area contributed by atoms with Crippen LogP contribution in [0.2, 0.25) is 0 Å². The minimum absolute atomic E-state index is 0.0130. The summed E-state index contributed by atoms with van der Waals surface area (Å²) in [6, 6.07) is 17.0. The Kier molecular flexibility index (Phi) is 5.03. The maximum atomic E-state index is 12.4. The van der Waals surface area contributed by atoms with E-state index in [0.29, 0.717) is 23.6 Å². The van der Waals surface area contributed by atoms with E-state index < -0.39 is 0 Å². The number of hydrogen-bond donors (Lipinski definition) is 0. The summed E-state index contributed by atoms with van der Waals surface area (Å²) in [5.41, 5.74) is 2.17. The molecule has 0 aliphatic carbocycles. The highest BCUT2D eigenvalue weighted by Gasteiger charge is 2.36. The van der Waals surface area contributed by atoms with Gasteiger partial charge in [0, 0.05) is 23.4 Å². The van der Waals surface area contributed by atoms with E-state index in [-0.39, 0.29) is 17.1 Å². The van der Waals surface area contributed by atoms with Gasteiger partial charge in [0.25, 0.3) is 11.8 Å². The van der Waals surface area contributed by atoms with Gasteiger partial charge in [0.05, 0.1) is 11.1 Å². The molecule has 118 valence electrons. The first-order chi connectivity index (χ1) is 11.2. The zero-order valence-corrected chi connectivity index (χ0v) is 14.0. The van der Waals surface area contributed by atoms with Crippen molar-refractivity contribution in [1.82, 2.24) is 4.90 Å². The van der Waals surface area contributed by atoms with E-state index >= 15 is 0 Å². The molecule has 0 radical (unpaired) electrons. The molecular formula is C18H16ClNO2S.